The second kappa shape index (κ2) is 6.04. The Hall–Kier alpha value is -1.59. The van der Waals surface area contributed by atoms with Crippen LogP contribution < -0.4 is 10.1 Å². The SMILES string of the molecule is CCNC(C)c1nnc(-c2cc(Cl)ccc2OC)o1. The fourth-order valence-electron chi connectivity index (χ4n) is 1.76. The molecule has 0 spiro atoms. The number of rotatable bonds is 5. The van der Waals surface area contributed by atoms with Crippen LogP contribution in [0.5, 0.6) is 5.75 Å². The molecule has 0 aliphatic rings. The van der Waals surface area contributed by atoms with E-state index in [-0.39, 0.29) is 6.04 Å². The van der Waals surface area contributed by atoms with Gasteiger partial charge in [0, 0.05) is 5.02 Å². The number of ether oxygens (including phenoxy) is 1. The Morgan fingerprint density at radius 2 is 2.21 bits per heavy atom. The topological polar surface area (TPSA) is 60.2 Å². The molecule has 102 valence electrons. The first kappa shape index (κ1) is 13.8. The highest BCUT2D eigenvalue weighted by molar-refractivity contribution is 6.30. The van der Waals surface area contributed by atoms with Gasteiger partial charge in [0.1, 0.15) is 5.75 Å². The molecule has 5 nitrogen and oxygen atoms in total. The van der Waals surface area contributed by atoms with Crippen molar-refractivity contribution in [3.63, 3.8) is 0 Å². The van der Waals surface area contributed by atoms with Gasteiger partial charge in [-0.1, -0.05) is 18.5 Å². The average molecular weight is 282 g/mol. The highest BCUT2D eigenvalue weighted by atomic mass is 35.5. The van der Waals surface area contributed by atoms with Crippen LogP contribution in [0.3, 0.4) is 0 Å². The molecule has 0 radical (unpaired) electrons. The van der Waals surface area contributed by atoms with Crippen molar-refractivity contribution in [2.45, 2.75) is 19.9 Å². The first-order valence-corrected chi connectivity index (χ1v) is 6.44. The van der Waals surface area contributed by atoms with E-state index in [1.807, 2.05) is 13.8 Å². The summed E-state index contributed by atoms with van der Waals surface area (Å²) in [6.45, 7) is 4.82. The van der Waals surface area contributed by atoms with Crippen molar-refractivity contribution < 1.29 is 9.15 Å². The van der Waals surface area contributed by atoms with Crippen molar-refractivity contribution in [3.8, 4) is 17.2 Å². The van der Waals surface area contributed by atoms with E-state index >= 15 is 0 Å². The highest BCUT2D eigenvalue weighted by Crippen LogP contribution is 2.32. The van der Waals surface area contributed by atoms with Gasteiger partial charge in [0.15, 0.2) is 0 Å². The van der Waals surface area contributed by atoms with Gasteiger partial charge in [-0.3, -0.25) is 0 Å². The van der Waals surface area contributed by atoms with E-state index in [0.717, 1.165) is 6.54 Å². The number of nitrogens with one attached hydrogen (secondary N) is 1. The lowest BCUT2D eigenvalue weighted by atomic mass is 10.2. The van der Waals surface area contributed by atoms with Gasteiger partial charge < -0.3 is 14.5 Å². The number of aromatic nitrogens is 2. The molecule has 0 fully saturated rings. The number of halogens is 1. The van der Waals surface area contributed by atoms with Gasteiger partial charge in [0.05, 0.1) is 18.7 Å². The van der Waals surface area contributed by atoms with Crippen LogP contribution >= 0.6 is 11.6 Å². The minimum Gasteiger partial charge on any atom is -0.496 e. The van der Waals surface area contributed by atoms with E-state index in [0.29, 0.717) is 28.1 Å². The molecule has 1 N–H and O–H groups in total. The van der Waals surface area contributed by atoms with Gasteiger partial charge >= 0.3 is 0 Å². The zero-order valence-electron chi connectivity index (χ0n) is 11.1. The molecular formula is C13H16ClN3O2. The fraction of sp³-hybridized carbons (Fsp3) is 0.385. The summed E-state index contributed by atoms with van der Waals surface area (Å²) < 4.78 is 10.9. The van der Waals surface area contributed by atoms with E-state index in [1.54, 1.807) is 25.3 Å². The third-order valence-electron chi connectivity index (χ3n) is 2.71. The molecule has 1 aromatic heterocycles. The summed E-state index contributed by atoms with van der Waals surface area (Å²) in [5.41, 5.74) is 0.692. The number of hydrogen-bond donors (Lipinski definition) is 1. The number of benzene rings is 1. The Bertz CT molecular complexity index is 557. The lowest BCUT2D eigenvalue weighted by Gasteiger charge is -2.07. The molecule has 1 atom stereocenters. The Labute approximate surface area is 116 Å². The maximum absolute atomic E-state index is 5.99. The van der Waals surface area contributed by atoms with Crippen LogP contribution in [0.15, 0.2) is 22.6 Å². The molecule has 2 aromatic rings. The van der Waals surface area contributed by atoms with Crippen LogP contribution in [0.2, 0.25) is 5.02 Å². The zero-order chi connectivity index (χ0) is 13.8. The molecule has 2 rings (SSSR count). The van der Waals surface area contributed by atoms with E-state index < -0.39 is 0 Å². The monoisotopic (exact) mass is 281 g/mol. The van der Waals surface area contributed by atoms with E-state index in [1.165, 1.54) is 0 Å². The highest BCUT2D eigenvalue weighted by Gasteiger charge is 2.17. The smallest absolute Gasteiger partial charge is 0.251 e. The van der Waals surface area contributed by atoms with Gasteiger partial charge in [0.25, 0.3) is 5.89 Å². The minimum atomic E-state index is 0.0106. The summed E-state index contributed by atoms with van der Waals surface area (Å²) in [7, 11) is 1.59. The van der Waals surface area contributed by atoms with E-state index in [2.05, 4.69) is 15.5 Å². The van der Waals surface area contributed by atoms with Crippen molar-refractivity contribution in [1.29, 1.82) is 0 Å². The van der Waals surface area contributed by atoms with Crippen LogP contribution in [0.1, 0.15) is 25.8 Å². The summed E-state index contributed by atoms with van der Waals surface area (Å²) >= 11 is 5.99. The third kappa shape index (κ3) is 3.05. The molecule has 1 heterocycles. The average Bonchev–Trinajstić information content (AvgIpc) is 2.88. The Kier molecular flexibility index (Phi) is 4.39. The Morgan fingerprint density at radius 3 is 2.89 bits per heavy atom. The molecule has 6 heteroatoms. The fourth-order valence-corrected chi connectivity index (χ4v) is 1.93. The summed E-state index contributed by atoms with van der Waals surface area (Å²) in [5, 5.41) is 11.9. The second-order valence-corrected chi connectivity index (χ2v) is 4.51. The summed E-state index contributed by atoms with van der Waals surface area (Å²) in [5.74, 6) is 1.59. The quantitative estimate of drug-likeness (QED) is 0.913. The van der Waals surface area contributed by atoms with Crippen LogP contribution in [-0.4, -0.2) is 23.9 Å². The predicted octanol–water partition coefficient (Wildman–Crippen LogP) is 3.07. The molecule has 0 bridgehead atoms. The molecule has 0 saturated carbocycles. The van der Waals surface area contributed by atoms with Crippen molar-refractivity contribution >= 4 is 11.6 Å². The van der Waals surface area contributed by atoms with E-state index in [9.17, 15) is 0 Å². The zero-order valence-corrected chi connectivity index (χ0v) is 11.9. The van der Waals surface area contributed by atoms with Gasteiger partial charge in [-0.15, -0.1) is 10.2 Å². The summed E-state index contributed by atoms with van der Waals surface area (Å²) in [4.78, 5) is 0. The third-order valence-corrected chi connectivity index (χ3v) is 2.95. The van der Waals surface area contributed by atoms with Gasteiger partial charge in [-0.25, -0.2) is 0 Å². The molecule has 1 unspecified atom stereocenters. The van der Waals surface area contributed by atoms with E-state index in [4.69, 9.17) is 20.8 Å². The predicted molar refractivity (Wildman–Crippen MR) is 73.4 cm³/mol. The molecular weight excluding hydrogens is 266 g/mol. The minimum absolute atomic E-state index is 0.0106. The largest absolute Gasteiger partial charge is 0.496 e. The first-order chi connectivity index (χ1) is 9.15. The summed E-state index contributed by atoms with van der Waals surface area (Å²) in [6.07, 6.45) is 0. The van der Waals surface area contributed by atoms with Crippen LogP contribution in [0.25, 0.3) is 11.5 Å². The Morgan fingerprint density at radius 1 is 1.42 bits per heavy atom. The van der Waals surface area contributed by atoms with Crippen molar-refractivity contribution in [3.05, 3.63) is 29.1 Å². The Balaban J connectivity index is 2.34. The standard InChI is InChI=1S/C13H16ClN3O2/c1-4-15-8(2)12-16-17-13(19-12)10-7-9(14)5-6-11(10)18-3/h5-8,15H,4H2,1-3H3. The van der Waals surface area contributed by atoms with Crippen LogP contribution in [0.4, 0.5) is 0 Å². The van der Waals surface area contributed by atoms with Crippen molar-refractivity contribution in [2.24, 2.45) is 0 Å². The number of methoxy groups -OCH3 is 1. The maximum Gasteiger partial charge on any atom is 0.251 e. The molecule has 19 heavy (non-hydrogen) atoms. The lowest BCUT2D eigenvalue weighted by molar-refractivity contribution is 0.408. The molecule has 0 saturated heterocycles. The number of hydrogen-bond acceptors (Lipinski definition) is 5. The summed E-state index contributed by atoms with van der Waals surface area (Å²) in [6, 6.07) is 5.28. The van der Waals surface area contributed by atoms with Gasteiger partial charge in [0.2, 0.25) is 5.89 Å². The van der Waals surface area contributed by atoms with Crippen LogP contribution in [-0.2, 0) is 0 Å². The van der Waals surface area contributed by atoms with Crippen molar-refractivity contribution in [2.75, 3.05) is 13.7 Å². The van der Waals surface area contributed by atoms with Gasteiger partial charge in [-0.2, -0.15) is 0 Å². The molecule has 0 amide bonds. The van der Waals surface area contributed by atoms with Crippen molar-refractivity contribution in [1.82, 2.24) is 15.5 Å². The van der Waals surface area contributed by atoms with Crippen LogP contribution in [0, 0.1) is 0 Å². The lowest BCUT2D eigenvalue weighted by Crippen LogP contribution is -2.17. The molecule has 0 aliphatic carbocycles. The normalized spacial score (nSPS) is 12.4. The first-order valence-electron chi connectivity index (χ1n) is 6.06. The molecule has 1 aromatic carbocycles. The second-order valence-electron chi connectivity index (χ2n) is 4.07. The number of nitrogens with zero attached hydrogens (tertiary/aromatic N) is 2. The molecule has 0 aliphatic heterocycles. The maximum atomic E-state index is 5.99. The van der Waals surface area contributed by atoms with Gasteiger partial charge in [-0.05, 0) is 31.7 Å².